The van der Waals surface area contributed by atoms with Crippen LogP contribution in [-0.4, -0.2) is 29.6 Å². The molecule has 0 aromatic heterocycles. The molecule has 7 heteroatoms. The summed E-state index contributed by atoms with van der Waals surface area (Å²) in [6.45, 7) is 4.97. The molecule has 0 atom stereocenters. The molecule has 3 N–H and O–H groups in total. The van der Waals surface area contributed by atoms with E-state index < -0.39 is 5.41 Å². The highest BCUT2D eigenvalue weighted by atomic mass is 16.5. The molecule has 1 aliphatic heterocycles. The molecule has 0 spiro atoms. The van der Waals surface area contributed by atoms with E-state index in [-0.39, 0.29) is 5.84 Å². The van der Waals surface area contributed by atoms with E-state index in [1.165, 1.54) is 0 Å². The quantitative estimate of drug-likeness (QED) is 0.112. The Kier molecular flexibility index (Phi) is 11.8. The van der Waals surface area contributed by atoms with E-state index in [1.54, 1.807) is 6.21 Å². The Morgan fingerprint density at radius 2 is 1.00 bits per heavy atom. The van der Waals surface area contributed by atoms with Crippen LogP contribution in [0, 0.1) is 5.41 Å². The minimum atomic E-state index is -0.400. The minimum Gasteiger partial charge on any atom is -0.457 e. The SMILES string of the molecule is CC1(C)c2cc(-c3cccc(C(=N)/N=C(\N=C\c4ccccc4)c4ccccc4)c3)ccc2Oc2ccc(-c3cccc(/C(N)=N/C(=N\Cc4ccccc4)c4ccccc4)c3)cc21. The van der Waals surface area contributed by atoms with Crippen LogP contribution in [0.3, 0.4) is 0 Å². The summed E-state index contributed by atoms with van der Waals surface area (Å²) in [5.41, 5.74) is 17.8. The van der Waals surface area contributed by atoms with Crippen molar-refractivity contribution in [2.75, 3.05) is 0 Å². The van der Waals surface area contributed by atoms with E-state index in [9.17, 15) is 0 Å². The minimum absolute atomic E-state index is 0.124. The van der Waals surface area contributed by atoms with Crippen molar-refractivity contribution >= 4 is 29.6 Å². The largest absolute Gasteiger partial charge is 0.457 e. The first-order chi connectivity index (χ1) is 31.3. The number of ether oxygens (including phenoxy) is 1. The molecule has 0 unspecified atom stereocenters. The van der Waals surface area contributed by atoms with Crippen LogP contribution in [0.25, 0.3) is 22.3 Å². The molecule has 1 aliphatic rings. The van der Waals surface area contributed by atoms with Crippen molar-refractivity contribution in [1.82, 2.24) is 0 Å². The van der Waals surface area contributed by atoms with Crippen molar-refractivity contribution in [2.45, 2.75) is 25.8 Å². The smallest absolute Gasteiger partial charge is 0.161 e. The Bertz CT molecular complexity index is 3080. The number of aliphatic imine (C=N–C) groups is 4. The maximum atomic E-state index is 9.09. The van der Waals surface area contributed by atoms with Gasteiger partial charge in [0.25, 0.3) is 0 Å². The van der Waals surface area contributed by atoms with Crippen LogP contribution in [0.15, 0.2) is 226 Å². The second kappa shape index (κ2) is 18.4. The molecule has 9 rings (SSSR count). The van der Waals surface area contributed by atoms with Gasteiger partial charge in [-0.25, -0.2) is 15.0 Å². The summed E-state index contributed by atoms with van der Waals surface area (Å²) in [5, 5.41) is 9.09. The van der Waals surface area contributed by atoms with E-state index in [1.807, 2.05) is 146 Å². The lowest BCUT2D eigenvalue weighted by Crippen LogP contribution is -2.24. The third-order valence-corrected chi connectivity index (χ3v) is 11.4. The molecule has 7 nitrogen and oxygen atoms in total. The van der Waals surface area contributed by atoms with Gasteiger partial charge in [-0.05, 0) is 69.8 Å². The average Bonchev–Trinajstić information content (AvgIpc) is 3.35. The first-order valence-corrected chi connectivity index (χ1v) is 21.3. The first kappa shape index (κ1) is 41.1. The summed E-state index contributed by atoms with van der Waals surface area (Å²) >= 11 is 0. The number of hydrogen-bond acceptors (Lipinski definition) is 3. The van der Waals surface area contributed by atoms with Crippen LogP contribution < -0.4 is 10.5 Å². The number of nitrogens with zero attached hydrogens (tertiary/aromatic N) is 4. The predicted octanol–water partition coefficient (Wildman–Crippen LogP) is 12.7. The monoisotopic (exact) mass is 830 g/mol. The molecule has 0 fully saturated rings. The Balaban J connectivity index is 0.986. The van der Waals surface area contributed by atoms with Crippen LogP contribution in [0.1, 0.15) is 58.4 Å². The second-order valence-electron chi connectivity index (χ2n) is 16.1. The van der Waals surface area contributed by atoms with Gasteiger partial charge in [0.1, 0.15) is 17.3 Å². The van der Waals surface area contributed by atoms with Gasteiger partial charge in [0.2, 0.25) is 0 Å². The number of fused-ring (bicyclic) bond motifs is 2. The molecular formula is C57H46N6O. The molecule has 310 valence electrons. The fourth-order valence-corrected chi connectivity index (χ4v) is 7.85. The highest BCUT2D eigenvalue weighted by molar-refractivity contribution is 6.13. The zero-order valence-electron chi connectivity index (χ0n) is 35.7. The van der Waals surface area contributed by atoms with Gasteiger partial charge in [0.05, 0.1) is 6.54 Å². The molecule has 0 amide bonds. The molecule has 8 aromatic rings. The van der Waals surface area contributed by atoms with Gasteiger partial charge in [-0.1, -0.05) is 184 Å². The Labute approximate surface area is 374 Å². The van der Waals surface area contributed by atoms with Gasteiger partial charge >= 0.3 is 0 Å². The Morgan fingerprint density at radius 3 is 1.59 bits per heavy atom. The normalized spacial score (nSPS) is 13.5. The van der Waals surface area contributed by atoms with Crippen LogP contribution >= 0.6 is 0 Å². The molecule has 0 saturated heterocycles. The highest BCUT2D eigenvalue weighted by Crippen LogP contribution is 2.50. The van der Waals surface area contributed by atoms with Gasteiger partial charge in [0, 0.05) is 45.0 Å². The van der Waals surface area contributed by atoms with E-state index in [2.05, 4.69) is 74.5 Å². The number of rotatable bonds is 9. The zero-order chi connectivity index (χ0) is 43.9. The number of benzene rings is 8. The van der Waals surface area contributed by atoms with Crippen molar-refractivity contribution in [3.63, 3.8) is 0 Å². The third-order valence-electron chi connectivity index (χ3n) is 11.4. The van der Waals surface area contributed by atoms with Crippen LogP contribution in [0.5, 0.6) is 11.5 Å². The average molecular weight is 831 g/mol. The molecule has 8 aromatic carbocycles. The predicted molar refractivity (Wildman–Crippen MR) is 264 cm³/mol. The summed E-state index contributed by atoms with van der Waals surface area (Å²) in [4.78, 5) is 19.2. The van der Waals surface area contributed by atoms with Crippen LogP contribution in [0.4, 0.5) is 0 Å². The van der Waals surface area contributed by atoms with E-state index in [0.717, 1.165) is 72.7 Å². The van der Waals surface area contributed by atoms with Gasteiger partial charge in [0.15, 0.2) is 17.5 Å². The Morgan fingerprint density at radius 1 is 0.516 bits per heavy atom. The zero-order valence-corrected chi connectivity index (χ0v) is 35.7. The number of amidine groups is 4. The molecule has 1 heterocycles. The summed E-state index contributed by atoms with van der Waals surface area (Å²) in [6.07, 6.45) is 1.78. The molecule has 0 saturated carbocycles. The van der Waals surface area contributed by atoms with Gasteiger partial charge in [-0.2, -0.15) is 0 Å². The second-order valence-corrected chi connectivity index (χ2v) is 16.1. The van der Waals surface area contributed by atoms with Crippen molar-refractivity contribution in [2.24, 2.45) is 25.7 Å². The topological polar surface area (TPSA) is 109 Å². The van der Waals surface area contributed by atoms with Crippen molar-refractivity contribution in [1.29, 1.82) is 5.41 Å². The lowest BCUT2D eigenvalue weighted by Gasteiger charge is -2.35. The number of hydrogen-bond donors (Lipinski definition) is 2. The van der Waals surface area contributed by atoms with Gasteiger partial charge in [-0.15, -0.1) is 0 Å². The summed E-state index contributed by atoms with van der Waals surface area (Å²) in [5.74, 6) is 3.21. The molecule has 0 bridgehead atoms. The fourth-order valence-electron chi connectivity index (χ4n) is 7.85. The molecular weight excluding hydrogens is 785 g/mol. The summed E-state index contributed by atoms with van der Waals surface area (Å²) in [7, 11) is 0. The van der Waals surface area contributed by atoms with Crippen molar-refractivity contribution in [3.8, 4) is 33.8 Å². The van der Waals surface area contributed by atoms with Gasteiger partial charge in [-0.3, -0.25) is 10.4 Å². The van der Waals surface area contributed by atoms with E-state index in [0.29, 0.717) is 29.6 Å². The number of nitrogens with two attached hydrogens (primary N) is 1. The summed E-state index contributed by atoms with van der Waals surface area (Å²) in [6, 6.07) is 68.6. The first-order valence-electron chi connectivity index (χ1n) is 21.3. The summed E-state index contributed by atoms with van der Waals surface area (Å²) < 4.78 is 6.58. The van der Waals surface area contributed by atoms with Crippen LogP contribution in [0.2, 0.25) is 0 Å². The highest BCUT2D eigenvalue weighted by Gasteiger charge is 2.35. The maximum Gasteiger partial charge on any atom is 0.161 e. The fraction of sp³-hybridized carbons (Fsp3) is 0.0702. The van der Waals surface area contributed by atoms with E-state index >= 15 is 0 Å². The number of nitrogens with one attached hydrogen (secondary N) is 1. The third kappa shape index (κ3) is 9.15. The lowest BCUT2D eigenvalue weighted by molar-refractivity contribution is 0.418. The van der Waals surface area contributed by atoms with Gasteiger partial charge < -0.3 is 10.5 Å². The standard InChI is InChI=1S/C57H46N6O/c1-57(2)49-35-45(43-25-15-27-47(33-43)53(58)62-55(41-21-11-5-12-22-41)60-37-39-17-7-3-8-18-39)29-31-51(49)64-52-32-30-46(36-50(52)57)44-26-16-28-48(34-44)54(59)63-56(42-23-13-6-14-24-42)61-38-40-19-9-4-10-20-40/h3-37,58H,38H2,1-2H3,(H2,59,61,63)/b58-53?,60-37+,62-55-. The lowest BCUT2D eigenvalue weighted by atomic mass is 9.74. The van der Waals surface area contributed by atoms with E-state index in [4.69, 9.17) is 35.8 Å². The van der Waals surface area contributed by atoms with Crippen molar-refractivity contribution in [3.05, 3.63) is 251 Å². The van der Waals surface area contributed by atoms with Crippen LogP contribution in [-0.2, 0) is 12.0 Å². The maximum absolute atomic E-state index is 9.09. The Hall–Kier alpha value is -8.29. The molecule has 0 radical (unpaired) electrons. The molecule has 0 aliphatic carbocycles. The molecule has 64 heavy (non-hydrogen) atoms. The van der Waals surface area contributed by atoms with Crippen molar-refractivity contribution < 1.29 is 4.74 Å².